The highest BCUT2D eigenvalue weighted by Gasteiger charge is 2.30. The Kier molecular flexibility index (Phi) is 3.36. The molecule has 0 bridgehead atoms. The molecule has 2 rings (SSSR count). The van der Waals surface area contributed by atoms with Crippen molar-refractivity contribution in [3.8, 4) is 0 Å². The zero-order valence-electron chi connectivity index (χ0n) is 10.5. The van der Waals surface area contributed by atoms with Gasteiger partial charge in [-0.3, -0.25) is 4.90 Å². The van der Waals surface area contributed by atoms with Crippen LogP contribution in [0.5, 0.6) is 0 Å². The summed E-state index contributed by atoms with van der Waals surface area (Å²) < 4.78 is 5.15. The summed E-state index contributed by atoms with van der Waals surface area (Å²) in [6, 6.07) is 2.54. The van der Waals surface area contributed by atoms with E-state index in [0.29, 0.717) is 11.6 Å². The summed E-state index contributed by atoms with van der Waals surface area (Å²) in [6.45, 7) is 6.88. The Labute approximate surface area is 97.8 Å². The molecule has 0 spiro atoms. The molecule has 0 aliphatic carbocycles. The van der Waals surface area contributed by atoms with Crippen LogP contribution in [0.25, 0.3) is 0 Å². The first-order valence-electron chi connectivity index (χ1n) is 6.10. The molecule has 3 heteroatoms. The molecule has 16 heavy (non-hydrogen) atoms. The molecule has 1 N–H and O–H groups in total. The maximum absolute atomic E-state index is 5.15. The molecule has 0 aromatic carbocycles. The first kappa shape index (κ1) is 11.7. The lowest BCUT2D eigenvalue weighted by atomic mass is 9.89. The van der Waals surface area contributed by atoms with E-state index in [0.717, 1.165) is 13.1 Å². The molecular weight excluding hydrogens is 200 g/mol. The minimum Gasteiger partial charge on any atom is -0.472 e. The van der Waals surface area contributed by atoms with E-state index < -0.39 is 0 Å². The molecule has 1 unspecified atom stereocenters. The van der Waals surface area contributed by atoms with E-state index in [4.69, 9.17) is 4.42 Å². The van der Waals surface area contributed by atoms with Crippen molar-refractivity contribution in [3.05, 3.63) is 24.2 Å². The van der Waals surface area contributed by atoms with Gasteiger partial charge >= 0.3 is 0 Å². The topological polar surface area (TPSA) is 28.4 Å². The second kappa shape index (κ2) is 4.60. The first-order chi connectivity index (χ1) is 7.64. The lowest BCUT2D eigenvalue weighted by Gasteiger charge is -2.41. The van der Waals surface area contributed by atoms with Crippen molar-refractivity contribution < 1.29 is 4.42 Å². The van der Waals surface area contributed by atoms with E-state index in [1.54, 1.807) is 6.26 Å². The zero-order valence-corrected chi connectivity index (χ0v) is 10.5. The second-order valence-electron chi connectivity index (χ2n) is 5.08. The number of hydrogen-bond acceptors (Lipinski definition) is 3. The summed E-state index contributed by atoms with van der Waals surface area (Å²) in [5.41, 5.74) is 1.61. The van der Waals surface area contributed by atoms with Gasteiger partial charge in [-0.05, 0) is 39.8 Å². The first-order valence-corrected chi connectivity index (χ1v) is 6.10. The largest absolute Gasteiger partial charge is 0.472 e. The van der Waals surface area contributed by atoms with E-state index in [1.165, 1.54) is 18.4 Å². The van der Waals surface area contributed by atoms with Gasteiger partial charge in [0.2, 0.25) is 0 Å². The van der Waals surface area contributed by atoms with Crippen LogP contribution in [0.3, 0.4) is 0 Å². The van der Waals surface area contributed by atoms with Crippen LogP contribution in [-0.2, 0) is 0 Å². The Morgan fingerprint density at radius 1 is 1.44 bits per heavy atom. The molecule has 1 aliphatic rings. The lowest BCUT2D eigenvalue weighted by molar-refractivity contribution is 0.117. The van der Waals surface area contributed by atoms with Gasteiger partial charge in [-0.1, -0.05) is 0 Å². The quantitative estimate of drug-likeness (QED) is 0.851. The molecular formula is C13H22N2O. The number of nitrogens with zero attached hydrogens (tertiary/aromatic N) is 1. The van der Waals surface area contributed by atoms with Crippen molar-refractivity contribution in [1.82, 2.24) is 10.2 Å². The van der Waals surface area contributed by atoms with Gasteiger partial charge in [-0.15, -0.1) is 0 Å². The maximum atomic E-state index is 5.15. The van der Waals surface area contributed by atoms with Crippen LogP contribution in [0.4, 0.5) is 0 Å². The molecule has 1 aromatic heterocycles. The van der Waals surface area contributed by atoms with Gasteiger partial charge in [0.15, 0.2) is 0 Å². The number of likely N-dealkylation sites (tertiary alicyclic amines) is 1. The van der Waals surface area contributed by atoms with Crippen molar-refractivity contribution in [2.75, 3.05) is 20.1 Å². The van der Waals surface area contributed by atoms with Crippen molar-refractivity contribution in [1.29, 1.82) is 0 Å². The summed E-state index contributed by atoms with van der Waals surface area (Å²) in [7, 11) is 2.06. The molecule has 90 valence electrons. The summed E-state index contributed by atoms with van der Waals surface area (Å²) >= 11 is 0. The van der Waals surface area contributed by atoms with Crippen molar-refractivity contribution >= 4 is 0 Å². The van der Waals surface area contributed by atoms with E-state index in [-0.39, 0.29) is 0 Å². The molecule has 0 saturated carbocycles. The minimum atomic E-state index is 0.326. The fourth-order valence-electron chi connectivity index (χ4n) is 2.38. The van der Waals surface area contributed by atoms with E-state index in [1.807, 2.05) is 6.26 Å². The SMILES string of the molecule is CNC1(C)CCN(C(C)c2ccoc2)CC1. The van der Waals surface area contributed by atoms with Gasteiger partial charge in [-0.2, -0.15) is 0 Å². The lowest BCUT2D eigenvalue weighted by Crippen LogP contribution is -2.50. The second-order valence-corrected chi connectivity index (χ2v) is 5.08. The fourth-order valence-corrected chi connectivity index (χ4v) is 2.38. The normalized spacial score (nSPS) is 23.2. The number of nitrogens with one attached hydrogen (secondary N) is 1. The zero-order chi connectivity index (χ0) is 11.6. The monoisotopic (exact) mass is 222 g/mol. The van der Waals surface area contributed by atoms with Crippen molar-refractivity contribution in [3.63, 3.8) is 0 Å². The Balaban J connectivity index is 1.94. The molecule has 0 radical (unpaired) electrons. The van der Waals surface area contributed by atoms with Gasteiger partial charge < -0.3 is 9.73 Å². The average molecular weight is 222 g/mol. The molecule has 1 saturated heterocycles. The molecule has 2 heterocycles. The highest BCUT2D eigenvalue weighted by Crippen LogP contribution is 2.28. The van der Waals surface area contributed by atoms with Crippen LogP contribution in [-0.4, -0.2) is 30.6 Å². The third kappa shape index (κ3) is 2.30. The number of hydrogen-bond donors (Lipinski definition) is 1. The van der Waals surface area contributed by atoms with Crippen LogP contribution < -0.4 is 5.32 Å². The number of furan rings is 1. The van der Waals surface area contributed by atoms with Crippen LogP contribution in [0.1, 0.15) is 38.3 Å². The van der Waals surface area contributed by atoms with Crippen molar-refractivity contribution in [2.24, 2.45) is 0 Å². The van der Waals surface area contributed by atoms with Gasteiger partial charge in [0.1, 0.15) is 0 Å². The molecule has 1 aliphatic heterocycles. The van der Waals surface area contributed by atoms with Gasteiger partial charge in [0.25, 0.3) is 0 Å². The predicted molar refractivity (Wildman–Crippen MR) is 65.4 cm³/mol. The Morgan fingerprint density at radius 3 is 2.62 bits per heavy atom. The Hall–Kier alpha value is -0.800. The van der Waals surface area contributed by atoms with Gasteiger partial charge in [-0.25, -0.2) is 0 Å². The predicted octanol–water partition coefficient (Wildman–Crippen LogP) is 2.41. The van der Waals surface area contributed by atoms with Crippen LogP contribution in [0.2, 0.25) is 0 Å². The molecule has 1 fully saturated rings. The number of rotatable bonds is 3. The molecule has 1 aromatic rings. The van der Waals surface area contributed by atoms with E-state index in [2.05, 4.69) is 37.2 Å². The highest BCUT2D eigenvalue weighted by atomic mass is 16.3. The molecule has 1 atom stereocenters. The smallest absolute Gasteiger partial charge is 0.0950 e. The van der Waals surface area contributed by atoms with E-state index in [9.17, 15) is 0 Å². The highest BCUT2D eigenvalue weighted by molar-refractivity contribution is 5.11. The maximum Gasteiger partial charge on any atom is 0.0950 e. The average Bonchev–Trinajstić information content (AvgIpc) is 2.83. The van der Waals surface area contributed by atoms with Crippen molar-refractivity contribution in [2.45, 2.75) is 38.3 Å². The van der Waals surface area contributed by atoms with Crippen LogP contribution in [0.15, 0.2) is 23.0 Å². The Bertz CT molecular complexity index is 313. The van der Waals surface area contributed by atoms with Gasteiger partial charge in [0.05, 0.1) is 12.5 Å². The van der Waals surface area contributed by atoms with Crippen LogP contribution >= 0.6 is 0 Å². The standard InChI is InChI=1S/C13H22N2O/c1-11(12-4-9-16-10-12)15-7-5-13(2,14-3)6-8-15/h4,9-11,14H,5-8H2,1-3H3. The fraction of sp³-hybridized carbons (Fsp3) is 0.692. The van der Waals surface area contributed by atoms with Crippen LogP contribution in [0, 0.1) is 0 Å². The van der Waals surface area contributed by atoms with E-state index >= 15 is 0 Å². The summed E-state index contributed by atoms with van der Waals surface area (Å²) in [6.07, 6.45) is 6.04. The summed E-state index contributed by atoms with van der Waals surface area (Å²) in [5.74, 6) is 0. The minimum absolute atomic E-state index is 0.326. The van der Waals surface area contributed by atoms with Gasteiger partial charge in [0, 0.05) is 30.2 Å². The third-order valence-corrected chi connectivity index (χ3v) is 4.08. The summed E-state index contributed by atoms with van der Waals surface area (Å²) in [4.78, 5) is 2.53. The number of piperidine rings is 1. The molecule has 3 nitrogen and oxygen atoms in total. The molecule has 0 amide bonds. The Morgan fingerprint density at radius 2 is 2.12 bits per heavy atom. The third-order valence-electron chi connectivity index (χ3n) is 4.08. The summed E-state index contributed by atoms with van der Waals surface area (Å²) in [5, 5.41) is 3.43.